The van der Waals surface area contributed by atoms with Crippen LogP contribution in [0.5, 0.6) is 0 Å². The minimum Gasteiger partial charge on any atom is -0.0602 e. The van der Waals surface area contributed by atoms with Gasteiger partial charge in [0, 0.05) is 0 Å². The maximum atomic E-state index is 2.34. The molecule has 72 valence electrons. The maximum Gasteiger partial charge on any atom is -0.0383 e. The SMILES string of the molecule is CC(C)(C)CCCCC1CCC1. The summed E-state index contributed by atoms with van der Waals surface area (Å²) in [5.41, 5.74) is 0.555. The molecule has 0 aromatic rings. The van der Waals surface area contributed by atoms with Gasteiger partial charge in [0.2, 0.25) is 0 Å². The summed E-state index contributed by atoms with van der Waals surface area (Å²) in [5, 5.41) is 0. The van der Waals surface area contributed by atoms with Crippen molar-refractivity contribution in [3.8, 4) is 0 Å². The molecular weight excluding hydrogens is 144 g/mol. The van der Waals surface area contributed by atoms with Crippen molar-refractivity contribution in [1.82, 2.24) is 0 Å². The van der Waals surface area contributed by atoms with Gasteiger partial charge in [0.05, 0.1) is 0 Å². The van der Waals surface area contributed by atoms with E-state index in [1.807, 2.05) is 0 Å². The highest BCUT2D eigenvalue weighted by Gasteiger charge is 2.17. The van der Waals surface area contributed by atoms with Crippen LogP contribution in [0.1, 0.15) is 65.7 Å². The fourth-order valence-electron chi connectivity index (χ4n) is 1.87. The highest BCUT2D eigenvalue weighted by molar-refractivity contribution is 4.70. The zero-order valence-electron chi connectivity index (χ0n) is 9.03. The number of rotatable bonds is 4. The summed E-state index contributed by atoms with van der Waals surface area (Å²) in [6.45, 7) is 7.03. The third-order valence-electron chi connectivity index (χ3n) is 3.01. The van der Waals surface area contributed by atoms with E-state index in [1.54, 1.807) is 0 Å². The Balaban J connectivity index is 1.88. The molecule has 1 rings (SSSR count). The first-order valence-electron chi connectivity index (χ1n) is 5.58. The van der Waals surface area contributed by atoms with Crippen molar-refractivity contribution in [3.63, 3.8) is 0 Å². The molecular formula is C12H24. The fourth-order valence-corrected chi connectivity index (χ4v) is 1.87. The van der Waals surface area contributed by atoms with Crippen molar-refractivity contribution in [3.05, 3.63) is 0 Å². The van der Waals surface area contributed by atoms with Crippen LogP contribution in [0.4, 0.5) is 0 Å². The van der Waals surface area contributed by atoms with E-state index >= 15 is 0 Å². The Kier molecular flexibility index (Phi) is 3.61. The van der Waals surface area contributed by atoms with Crippen molar-refractivity contribution in [2.75, 3.05) is 0 Å². The van der Waals surface area contributed by atoms with Crippen molar-refractivity contribution < 1.29 is 0 Å². The number of unbranched alkanes of at least 4 members (excludes halogenated alkanes) is 1. The van der Waals surface area contributed by atoms with Crippen molar-refractivity contribution in [2.24, 2.45) is 11.3 Å². The predicted molar refractivity (Wildman–Crippen MR) is 55.3 cm³/mol. The van der Waals surface area contributed by atoms with Gasteiger partial charge in [0.15, 0.2) is 0 Å². The van der Waals surface area contributed by atoms with Crippen LogP contribution in [-0.4, -0.2) is 0 Å². The quantitative estimate of drug-likeness (QED) is 0.546. The molecule has 1 aliphatic rings. The van der Waals surface area contributed by atoms with Crippen molar-refractivity contribution >= 4 is 0 Å². The predicted octanol–water partition coefficient (Wildman–Crippen LogP) is 4.39. The number of hydrogen-bond donors (Lipinski definition) is 0. The highest BCUT2D eigenvalue weighted by Crippen LogP contribution is 2.32. The molecule has 0 aliphatic heterocycles. The molecule has 0 heterocycles. The summed E-state index contributed by atoms with van der Waals surface area (Å²) in [5.74, 6) is 1.12. The molecule has 0 aromatic heterocycles. The first-order valence-corrected chi connectivity index (χ1v) is 5.58. The van der Waals surface area contributed by atoms with E-state index in [0.29, 0.717) is 5.41 Å². The molecule has 0 saturated heterocycles. The second-order valence-corrected chi connectivity index (χ2v) is 5.60. The van der Waals surface area contributed by atoms with Gasteiger partial charge in [0.1, 0.15) is 0 Å². The minimum absolute atomic E-state index is 0.555. The second kappa shape index (κ2) is 4.30. The van der Waals surface area contributed by atoms with Gasteiger partial charge >= 0.3 is 0 Å². The molecule has 0 aromatic carbocycles. The van der Waals surface area contributed by atoms with Gasteiger partial charge in [-0.1, -0.05) is 59.3 Å². The van der Waals surface area contributed by atoms with E-state index in [1.165, 1.54) is 44.9 Å². The molecule has 0 spiro atoms. The van der Waals surface area contributed by atoms with Crippen LogP contribution in [0.15, 0.2) is 0 Å². The molecule has 0 radical (unpaired) electrons. The Morgan fingerprint density at radius 3 is 2.17 bits per heavy atom. The lowest BCUT2D eigenvalue weighted by atomic mass is 9.80. The molecule has 0 N–H and O–H groups in total. The zero-order valence-corrected chi connectivity index (χ0v) is 9.03. The van der Waals surface area contributed by atoms with Crippen molar-refractivity contribution in [2.45, 2.75) is 65.7 Å². The molecule has 1 fully saturated rings. The van der Waals surface area contributed by atoms with Crippen LogP contribution < -0.4 is 0 Å². The average molecular weight is 168 g/mol. The Morgan fingerprint density at radius 2 is 1.75 bits per heavy atom. The topological polar surface area (TPSA) is 0 Å². The molecule has 0 heteroatoms. The van der Waals surface area contributed by atoms with Gasteiger partial charge in [-0.25, -0.2) is 0 Å². The highest BCUT2D eigenvalue weighted by atomic mass is 14.2. The Morgan fingerprint density at radius 1 is 1.08 bits per heavy atom. The lowest BCUT2D eigenvalue weighted by molar-refractivity contribution is 0.275. The van der Waals surface area contributed by atoms with E-state index in [2.05, 4.69) is 20.8 Å². The molecule has 0 atom stereocenters. The van der Waals surface area contributed by atoms with E-state index in [4.69, 9.17) is 0 Å². The standard InChI is InChI=1S/C12H24/c1-12(2,3)10-5-4-7-11-8-6-9-11/h11H,4-10H2,1-3H3. The first-order chi connectivity index (χ1) is 5.58. The van der Waals surface area contributed by atoms with Crippen LogP contribution in [0.25, 0.3) is 0 Å². The molecule has 12 heavy (non-hydrogen) atoms. The van der Waals surface area contributed by atoms with Gasteiger partial charge < -0.3 is 0 Å². The smallest absolute Gasteiger partial charge is 0.0383 e. The third kappa shape index (κ3) is 4.13. The van der Waals surface area contributed by atoms with E-state index < -0.39 is 0 Å². The van der Waals surface area contributed by atoms with Gasteiger partial charge in [-0.3, -0.25) is 0 Å². The van der Waals surface area contributed by atoms with E-state index in [-0.39, 0.29) is 0 Å². The summed E-state index contributed by atoms with van der Waals surface area (Å²) >= 11 is 0. The first kappa shape index (κ1) is 10.1. The van der Waals surface area contributed by atoms with Crippen LogP contribution >= 0.6 is 0 Å². The van der Waals surface area contributed by atoms with Crippen LogP contribution in [-0.2, 0) is 0 Å². The van der Waals surface area contributed by atoms with Gasteiger partial charge in [-0.2, -0.15) is 0 Å². The summed E-state index contributed by atoms with van der Waals surface area (Å²) in [6, 6.07) is 0. The largest absolute Gasteiger partial charge is 0.0602 e. The third-order valence-corrected chi connectivity index (χ3v) is 3.01. The van der Waals surface area contributed by atoms with E-state index in [9.17, 15) is 0 Å². The van der Waals surface area contributed by atoms with Crippen molar-refractivity contribution in [1.29, 1.82) is 0 Å². The van der Waals surface area contributed by atoms with Crippen LogP contribution in [0.2, 0.25) is 0 Å². The summed E-state index contributed by atoms with van der Waals surface area (Å²) in [7, 11) is 0. The molecule has 0 nitrogen and oxygen atoms in total. The van der Waals surface area contributed by atoms with Crippen LogP contribution in [0.3, 0.4) is 0 Å². The second-order valence-electron chi connectivity index (χ2n) is 5.60. The van der Waals surface area contributed by atoms with Gasteiger partial charge in [0.25, 0.3) is 0 Å². The lowest BCUT2D eigenvalue weighted by Crippen LogP contribution is -2.11. The molecule has 1 aliphatic carbocycles. The minimum atomic E-state index is 0.555. The maximum absolute atomic E-state index is 2.34. The summed E-state index contributed by atoms with van der Waals surface area (Å²) in [4.78, 5) is 0. The normalized spacial score (nSPS) is 19.2. The van der Waals surface area contributed by atoms with Gasteiger partial charge in [-0.15, -0.1) is 0 Å². The Hall–Kier alpha value is 0. The molecule has 0 amide bonds. The van der Waals surface area contributed by atoms with E-state index in [0.717, 1.165) is 5.92 Å². The van der Waals surface area contributed by atoms with Crippen LogP contribution in [0, 0.1) is 11.3 Å². The monoisotopic (exact) mass is 168 g/mol. The fraction of sp³-hybridized carbons (Fsp3) is 1.00. The molecule has 0 unspecified atom stereocenters. The summed E-state index contributed by atoms with van der Waals surface area (Å²) in [6.07, 6.45) is 10.4. The average Bonchev–Trinajstić information content (AvgIpc) is 1.80. The van der Waals surface area contributed by atoms with Gasteiger partial charge in [-0.05, 0) is 17.8 Å². The lowest BCUT2D eigenvalue weighted by Gasteiger charge is -2.25. The molecule has 0 bridgehead atoms. The Labute approximate surface area is 77.7 Å². The number of hydrogen-bond acceptors (Lipinski definition) is 0. The Bertz CT molecular complexity index is 114. The zero-order chi connectivity index (χ0) is 9.03. The summed E-state index contributed by atoms with van der Waals surface area (Å²) < 4.78 is 0. The molecule has 1 saturated carbocycles.